The average molecular weight is 416 g/mol. The molecule has 0 fully saturated rings. The number of aromatic nitrogens is 1. The number of carbonyl (C=O) groups excluding carboxylic acids is 1. The van der Waals surface area contributed by atoms with Gasteiger partial charge in [-0.1, -0.05) is 18.2 Å². The molecule has 0 atom stereocenters. The molecule has 0 radical (unpaired) electrons. The lowest BCUT2D eigenvalue weighted by Gasteiger charge is -2.06. The lowest BCUT2D eigenvalue weighted by Crippen LogP contribution is -2.17. The van der Waals surface area contributed by atoms with E-state index < -0.39 is 10.8 Å². The number of nitrogens with zero attached hydrogens (tertiary/aromatic N) is 3. The molecule has 0 saturated heterocycles. The van der Waals surface area contributed by atoms with E-state index in [-0.39, 0.29) is 17.1 Å². The summed E-state index contributed by atoms with van der Waals surface area (Å²) in [7, 11) is 0. The van der Waals surface area contributed by atoms with Gasteiger partial charge in [-0.3, -0.25) is 14.9 Å². The van der Waals surface area contributed by atoms with E-state index in [4.69, 9.17) is 0 Å². The van der Waals surface area contributed by atoms with Gasteiger partial charge in [0.25, 0.3) is 11.6 Å². The van der Waals surface area contributed by atoms with E-state index in [0.717, 1.165) is 22.0 Å². The first-order chi connectivity index (χ1) is 15.0. The second-order valence-corrected chi connectivity index (χ2v) is 6.89. The predicted molar refractivity (Wildman–Crippen MR) is 116 cm³/mol. The molecule has 1 N–H and O–H groups in total. The van der Waals surface area contributed by atoms with Gasteiger partial charge in [-0.15, -0.1) is 0 Å². The number of fused-ring (bicyclic) bond motifs is 1. The Morgan fingerprint density at radius 3 is 2.65 bits per heavy atom. The number of nitrogens with one attached hydrogen (secondary N) is 1. The number of halogens is 1. The van der Waals surface area contributed by atoms with Gasteiger partial charge in [0, 0.05) is 41.3 Å². The minimum Gasteiger partial charge on any atom is -0.343 e. The van der Waals surface area contributed by atoms with Crippen molar-refractivity contribution in [3.63, 3.8) is 0 Å². The third-order valence-electron chi connectivity index (χ3n) is 4.76. The molecule has 0 aliphatic carbocycles. The van der Waals surface area contributed by atoms with Crippen molar-refractivity contribution < 1.29 is 14.1 Å². The zero-order chi connectivity index (χ0) is 21.8. The van der Waals surface area contributed by atoms with Crippen molar-refractivity contribution in [2.75, 3.05) is 0 Å². The third-order valence-corrected chi connectivity index (χ3v) is 4.76. The summed E-state index contributed by atoms with van der Waals surface area (Å²) in [4.78, 5) is 22.3. The fourth-order valence-corrected chi connectivity index (χ4v) is 3.23. The number of carbonyl (C=O) groups is 1. The topological polar surface area (TPSA) is 89.5 Å². The van der Waals surface area contributed by atoms with Crippen LogP contribution in [0.25, 0.3) is 10.9 Å². The summed E-state index contributed by atoms with van der Waals surface area (Å²) in [5.74, 6) is -0.725. The predicted octanol–water partition coefficient (Wildman–Crippen LogP) is 4.50. The number of hydrogen-bond acceptors (Lipinski definition) is 4. The van der Waals surface area contributed by atoms with Crippen LogP contribution in [0.5, 0.6) is 0 Å². The van der Waals surface area contributed by atoms with Crippen molar-refractivity contribution in [3.05, 3.63) is 112 Å². The fraction of sp³-hybridized carbons (Fsp3) is 0.0435. The van der Waals surface area contributed by atoms with Crippen LogP contribution in [-0.4, -0.2) is 21.6 Å². The van der Waals surface area contributed by atoms with Crippen LogP contribution in [-0.2, 0) is 6.54 Å². The second kappa shape index (κ2) is 8.58. The summed E-state index contributed by atoms with van der Waals surface area (Å²) in [5, 5.41) is 15.6. The maximum absolute atomic E-state index is 13.4. The first kappa shape index (κ1) is 20.0. The van der Waals surface area contributed by atoms with Crippen LogP contribution in [0, 0.1) is 15.9 Å². The highest BCUT2D eigenvalue weighted by Crippen LogP contribution is 2.19. The Labute approximate surface area is 176 Å². The minimum absolute atomic E-state index is 0.0855. The van der Waals surface area contributed by atoms with Gasteiger partial charge in [-0.2, -0.15) is 5.10 Å². The van der Waals surface area contributed by atoms with E-state index >= 15 is 0 Å². The summed E-state index contributed by atoms with van der Waals surface area (Å²) in [6.07, 6.45) is 3.46. The van der Waals surface area contributed by atoms with E-state index in [0.29, 0.717) is 6.54 Å². The molecule has 7 nitrogen and oxygen atoms in total. The summed E-state index contributed by atoms with van der Waals surface area (Å²) >= 11 is 0. The smallest absolute Gasteiger partial charge is 0.271 e. The molecule has 4 rings (SSSR count). The number of rotatable bonds is 6. The standard InChI is InChI=1S/C23H17FN4O3/c24-20-3-1-2-17(13-20)15-27-11-10-19-12-16(4-9-22(19)27)14-25-26-23(29)18-5-7-21(8-6-18)28(30)31/h1-14H,15H2,(H,26,29)/b25-14+. The maximum atomic E-state index is 13.4. The van der Waals surface area contributed by atoms with Crippen molar-refractivity contribution in [3.8, 4) is 0 Å². The Morgan fingerprint density at radius 2 is 1.90 bits per heavy atom. The lowest BCUT2D eigenvalue weighted by molar-refractivity contribution is -0.384. The molecule has 0 unspecified atom stereocenters. The van der Waals surface area contributed by atoms with Crippen molar-refractivity contribution in [2.45, 2.75) is 6.54 Å². The SMILES string of the molecule is O=C(N/N=C/c1ccc2c(ccn2Cc2cccc(F)c2)c1)c1ccc([N+](=O)[O-])cc1. The third kappa shape index (κ3) is 4.64. The molecule has 0 aliphatic rings. The number of nitro benzene ring substituents is 1. The molecular formula is C23H17FN4O3. The fourth-order valence-electron chi connectivity index (χ4n) is 3.23. The summed E-state index contributed by atoms with van der Waals surface area (Å²) in [5.41, 5.74) is 5.25. The Balaban J connectivity index is 1.43. The van der Waals surface area contributed by atoms with Crippen LogP contribution in [0.3, 0.4) is 0 Å². The number of non-ortho nitro benzene ring substituents is 1. The number of hydrogen-bond donors (Lipinski definition) is 1. The molecule has 3 aromatic carbocycles. The monoisotopic (exact) mass is 416 g/mol. The Morgan fingerprint density at radius 1 is 1.10 bits per heavy atom. The number of nitro groups is 1. The van der Waals surface area contributed by atoms with Gasteiger partial charge < -0.3 is 4.57 Å². The van der Waals surface area contributed by atoms with Crippen LogP contribution in [0.4, 0.5) is 10.1 Å². The second-order valence-electron chi connectivity index (χ2n) is 6.89. The highest BCUT2D eigenvalue weighted by Gasteiger charge is 2.08. The van der Waals surface area contributed by atoms with Crippen molar-refractivity contribution in [1.82, 2.24) is 9.99 Å². The molecule has 31 heavy (non-hydrogen) atoms. The summed E-state index contributed by atoms with van der Waals surface area (Å²) in [6.45, 7) is 0.556. The highest BCUT2D eigenvalue weighted by molar-refractivity contribution is 5.95. The Bertz CT molecular complexity index is 1300. The zero-order valence-electron chi connectivity index (χ0n) is 16.2. The summed E-state index contributed by atoms with van der Waals surface area (Å²) in [6, 6.07) is 19.5. The molecule has 154 valence electrons. The van der Waals surface area contributed by atoms with Crippen LogP contribution in [0.2, 0.25) is 0 Å². The van der Waals surface area contributed by atoms with E-state index in [1.165, 1.54) is 42.6 Å². The molecule has 0 saturated carbocycles. The van der Waals surface area contributed by atoms with Crippen LogP contribution in [0.15, 0.2) is 84.1 Å². The van der Waals surface area contributed by atoms with Gasteiger partial charge in [0.2, 0.25) is 0 Å². The van der Waals surface area contributed by atoms with E-state index in [9.17, 15) is 19.3 Å². The van der Waals surface area contributed by atoms with Gasteiger partial charge in [0.05, 0.1) is 11.1 Å². The normalized spacial score (nSPS) is 11.1. The molecule has 1 aromatic heterocycles. The molecular weight excluding hydrogens is 399 g/mol. The van der Waals surface area contributed by atoms with Gasteiger partial charge in [0.1, 0.15) is 5.82 Å². The highest BCUT2D eigenvalue weighted by atomic mass is 19.1. The van der Waals surface area contributed by atoms with Crippen molar-refractivity contribution in [1.29, 1.82) is 0 Å². The van der Waals surface area contributed by atoms with E-state index in [2.05, 4.69) is 10.5 Å². The Hall–Kier alpha value is -4.33. The minimum atomic E-state index is -0.526. The Kier molecular flexibility index (Phi) is 5.53. The zero-order valence-corrected chi connectivity index (χ0v) is 16.2. The van der Waals surface area contributed by atoms with Gasteiger partial charge >= 0.3 is 0 Å². The van der Waals surface area contributed by atoms with Gasteiger partial charge in [-0.25, -0.2) is 9.82 Å². The quantitative estimate of drug-likeness (QED) is 0.285. The molecule has 4 aromatic rings. The largest absolute Gasteiger partial charge is 0.343 e. The first-order valence-electron chi connectivity index (χ1n) is 9.41. The number of benzene rings is 3. The van der Waals surface area contributed by atoms with E-state index in [1.54, 1.807) is 6.07 Å². The van der Waals surface area contributed by atoms with Crippen LogP contribution < -0.4 is 5.43 Å². The molecule has 1 heterocycles. The molecule has 0 aliphatic heterocycles. The first-order valence-corrected chi connectivity index (χ1v) is 9.41. The molecule has 0 bridgehead atoms. The average Bonchev–Trinajstić information content (AvgIpc) is 3.15. The summed E-state index contributed by atoms with van der Waals surface area (Å²) < 4.78 is 15.4. The van der Waals surface area contributed by atoms with Crippen molar-refractivity contribution >= 4 is 28.7 Å². The number of hydrazone groups is 1. The van der Waals surface area contributed by atoms with Crippen LogP contribution >= 0.6 is 0 Å². The molecule has 8 heteroatoms. The maximum Gasteiger partial charge on any atom is 0.271 e. The van der Waals surface area contributed by atoms with Crippen molar-refractivity contribution in [2.24, 2.45) is 5.10 Å². The number of amides is 1. The van der Waals surface area contributed by atoms with E-state index in [1.807, 2.05) is 41.1 Å². The lowest BCUT2D eigenvalue weighted by atomic mass is 10.1. The van der Waals surface area contributed by atoms with Gasteiger partial charge in [-0.05, 0) is 53.6 Å². The van der Waals surface area contributed by atoms with Gasteiger partial charge in [0.15, 0.2) is 0 Å². The molecule has 1 amide bonds. The molecule has 0 spiro atoms. The van der Waals surface area contributed by atoms with Crippen LogP contribution in [0.1, 0.15) is 21.5 Å².